The fraction of sp³-hybridized carbons (Fsp3) is 0.423. The predicted octanol–water partition coefficient (Wildman–Crippen LogP) is 5.25. The number of hydrazine groups is 1. The summed E-state index contributed by atoms with van der Waals surface area (Å²) in [6, 6.07) is 13.2. The van der Waals surface area contributed by atoms with E-state index in [9.17, 15) is 9.59 Å². The maximum absolute atomic E-state index is 13.2. The Morgan fingerprint density at radius 3 is 2.38 bits per heavy atom. The van der Waals surface area contributed by atoms with Gasteiger partial charge in [0.05, 0.1) is 17.5 Å². The predicted molar refractivity (Wildman–Crippen MR) is 128 cm³/mol. The largest absolute Gasteiger partial charge is 0.460 e. The van der Waals surface area contributed by atoms with Crippen molar-refractivity contribution in [2.75, 3.05) is 5.43 Å². The van der Waals surface area contributed by atoms with E-state index in [0.717, 1.165) is 11.3 Å². The number of carbonyl (C=O) groups excluding carboxylic acids is 2. The molecule has 0 fully saturated rings. The lowest BCUT2D eigenvalue weighted by molar-refractivity contribution is -0.164. The molecule has 2 N–H and O–H groups in total. The highest BCUT2D eigenvalue weighted by Crippen LogP contribution is 2.28. The standard InChI is InChI=1S/C26H35N3O3/c1-19(2)17-23(24(30)29-28-21-13-7-6-8-14-21)22(25(31)32-26(3,4)5)15-9-11-20-12-10-16-27-18-20/h6-14,16,18-19,22-23,28H,15,17H2,1-5H3,(H,29,30). The maximum atomic E-state index is 13.2. The third-order valence-electron chi connectivity index (χ3n) is 4.75. The number of pyridine rings is 1. The minimum atomic E-state index is -0.635. The summed E-state index contributed by atoms with van der Waals surface area (Å²) in [5.74, 6) is -1.52. The molecule has 1 amide bonds. The molecular formula is C26H35N3O3. The van der Waals surface area contributed by atoms with Crippen molar-refractivity contribution < 1.29 is 14.3 Å². The van der Waals surface area contributed by atoms with Crippen LogP contribution in [0.1, 0.15) is 53.0 Å². The van der Waals surface area contributed by atoms with E-state index in [2.05, 4.69) is 15.8 Å². The molecule has 0 aliphatic rings. The molecule has 0 aliphatic carbocycles. The summed E-state index contributed by atoms with van der Waals surface area (Å²) in [6.45, 7) is 9.59. The molecule has 1 heterocycles. The molecule has 0 aliphatic heterocycles. The van der Waals surface area contributed by atoms with E-state index >= 15 is 0 Å². The van der Waals surface area contributed by atoms with Crippen LogP contribution in [0.15, 0.2) is 60.9 Å². The third-order valence-corrected chi connectivity index (χ3v) is 4.75. The van der Waals surface area contributed by atoms with E-state index in [1.165, 1.54) is 0 Å². The average molecular weight is 438 g/mol. The SMILES string of the molecule is CC(C)CC(C(=O)NNc1ccccc1)C(CC=Cc1cccnc1)C(=O)OC(C)(C)C. The van der Waals surface area contributed by atoms with Gasteiger partial charge in [0.1, 0.15) is 5.60 Å². The second-order valence-electron chi connectivity index (χ2n) is 9.28. The van der Waals surface area contributed by atoms with Gasteiger partial charge in [-0.1, -0.05) is 50.3 Å². The molecule has 1 aromatic carbocycles. The number of amides is 1. The number of para-hydroxylation sites is 1. The van der Waals surface area contributed by atoms with Crippen molar-refractivity contribution in [2.45, 2.75) is 53.1 Å². The molecule has 6 heteroatoms. The van der Waals surface area contributed by atoms with E-state index in [1.807, 2.05) is 89.2 Å². The van der Waals surface area contributed by atoms with Gasteiger partial charge < -0.3 is 4.74 Å². The summed E-state index contributed by atoms with van der Waals surface area (Å²) >= 11 is 0. The van der Waals surface area contributed by atoms with E-state index in [4.69, 9.17) is 4.74 Å². The van der Waals surface area contributed by atoms with Gasteiger partial charge in [-0.2, -0.15) is 0 Å². The average Bonchev–Trinajstić information content (AvgIpc) is 2.74. The second kappa shape index (κ2) is 12.0. The fourth-order valence-corrected chi connectivity index (χ4v) is 3.34. The summed E-state index contributed by atoms with van der Waals surface area (Å²) in [7, 11) is 0. The van der Waals surface area contributed by atoms with Crippen LogP contribution >= 0.6 is 0 Å². The Morgan fingerprint density at radius 1 is 1.06 bits per heavy atom. The fourth-order valence-electron chi connectivity index (χ4n) is 3.34. The minimum absolute atomic E-state index is 0.229. The van der Waals surface area contributed by atoms with Crippen molar-refractivity contribution in [3.63, 3.8) is 0 Å². The maximum Gasteiger partial charge on any atom is 0.310 e. The number of esters is 1. The van der Waals surface area contributed by atoms with E-state index in [1.54, 1.807) is 12.4 Å². The van der Waals surface area contributed by atoms with Gasteiger partial charge in [0.15, 0.2) is 0 Å². The monoisotopic (exact) mass is 437 g/mol. The Hall–Kier alpha value is -3.15. The highest BCUT2D eigenvalue weighted by Gasteiger charge is 2.36. The third kappa shape index (κ3) is 8.92. The zero-order valence-electron chi connectivity index (χ0n) is 19.7. The summed E-state index contributed by atoms with van der Waals surface area (Å²) in [6.07, 6.45) is 8.24. The lowest BCUT2D eigenvalue weighted by atomic mass is 9.82. The molecule has 0 saturated carbocycles. The van der Waals surface area contributed by atoms with Crippen LogP contribution in [0.4, 0.5) is 5.69 Å². The Labute approximate surface area is 191 Å². The van der Waals surface area contributed by atoms with Crippen LogP contribution in [-0.4, -0.2) is 22.5 Å². The summed E-state index contributed by atoms with van der Waals surface area (Å²) < 4.78 is 5.69. The molecule has 1 aromatic heterocycles. The number of nitrogens with one attached hydrogen (secondary N) is 2. The van der Waals surface area contributed by atoms with E-state index in [0.29, 0.717) is 12.8 Å². The van der Waals surface area contributed by atoms with Crippen LogP contribution in [-0.2, 0) is 14.3 Å². The summed E-state index contributed by atoms with van der Waals surface area (Å²) in [4.78, 5) is 30.4. The molecule has 32 heavy (non-hydrogen) atoms. The molecule has 2 atom stereocenters. The van der Waals surface area contributed by atoms with Crippen molar-refractivity contribution in [2.24, 2.45) is 17.8 Å². The number of anilines is 1. The number of rotatable bonds is 10. The van der Waals surface area contributed by atoms with Gasteiger partial charge in [0.25, 0.3) is 0 Å². The topological polar surface area (TPSA) is 80.3 Å². The lowest BCUT2D eigenvalue weighted by Gasteiger charge is -2.29. The first-order valence-electron chi connectivity index (χ1n) is 11.1. The number of allylic oxidation sites excluding steroid dienone is 1. The van der Waals surface area contributed by atoms with Crippen LogP contribution in [0, 0.1) is 17.8 Å². The zero-order valence-corrected chi connectivity index (χ0v) is 19.7. The Kier molecular flexibility index (Phi) is 9.44. The number of hydrogen-bond acceptors (Lipinski definition) is 5. The highest BCUT2D eigenvalue weighted by atomic mass is 16.6. The molecule has 2 unspecified atom stereocenters. The van der Waals surface area contributed by atoms with Gasteiger partial charge in [0.2, 0.25) is 5.91 Å². The van der Waals surface area contributed by atoms with Crippen molar-refractivity contribution in [1.82, 2.24) is 10.4 Å². The van der Waals surface area contributed by atoms with Crippen LogP contribution < -0.4 is 10.9 Å². The molecule has 0 saturated heterocycles. The van der Waals surface area contributed by atoms with Crippen LogP contribution in [0.3, 0.4) is 0 Å². The quantitative estimate of drug-likeness (QED) is 0.392. The number of benzene rings is 1. The number of carbonyl (C=O) groups is 2. The van der Waals surface area contributed by atoms with Gasteiger partial charge in [-0.15, -0.1) is 0 Å². The van der Waals surface area contributed by atoms with Gasteiger partial charge >= 0.3 is 5.97 Å². The molecule has 0 radical (unpaired) electrons. The first-order chi connectivity index (χ1) is 15.2. The Bertz CT molecular complexity index is 874. The van der Waals surface area contributed by atoms with E-state index < -0.39 is 17.4 Å². The number of aromatic nitrogens is 1. The Balaban J connectivity index is 2.22. The van der Waals surface area contributed by atoms with E-state index in [-0.39, 0.29) is 17.8 Å². The normalized spacial score (nSPS) is 13.6. The van der Waals surface area contributed by atoms with Crippen LogP contribution in [0.2, 0.25) is 0 Å². The van der Waals surface area contributed by atoms with Crippen molar-refractivity contribution >= 4 is 23.6 Å². The molecular weight excluding hydrogens is 402 g/mol. The zero-order chi connectivity index (χ0) is 23.6. The Morgan fingerprint density at radius 2 is 1.78 bits per heavy atom. The van der Waals surface area contributed by atoms with Crippen molar-refractivity contribution in [3.8, 4) is 0 Å². The minimum Gasteiger partial charge on any atom is -0.460 e. The van der Waals surface area contributed by atoms with Gasteiger partial charge in [-0.05, 0) is 63.3 Å². The highest BCUT2D eigenvalue weighted by molar-refractivity contribution is 5.86. The molecule has 0 spiro atoms. The van der Waals surface area contributed by atoms with Crippen molar-refractivity contribution in [1.29, 1.82) is 0 Å². The molecule has 2 rings (SSSR count). The summed E-state index contributed by atoms with van der Waals surface area (Å²) in [5, 5.41) is 0. The molecule has 0 bridgehead atoms. The van der Waals surface area contributed by atoms with Crippen LogP contribution in [0.25, 0.3) is 6.08 Å². The molecule has 6 nitrogen and oxygen atoms in total. The van der Waals surface area contributed by atoms with Gasteiger partial charge in [-0.3, -0.25) is 25.4 Å². The van der Waals surface area contributed by atoms with Crippen LogP contribution in [0.5, 0.6) is 0 Å². The lowest BCUT2D eigenvalue weighted by Crippen LogP contribution is -2.42. The van der Waals surface area contributed by atoms with Gasteiger partial charge in [-0.25, -0.2) is 0 Å². The number of nitrogens with zero attached hydrogens (tertiary/aromatic N) is 1. The number of ether oxygens (including phenoxy) is 1. The first kappa shape index (κ1) is 25.1. The molecule has 172 valence electrons. The first-order valence-corrected chi connectivity index (χ1v) is 11.1. The summed E-state index contributed by atoms with van der Waals surface area (Å²) in [5.41, 5.74) is 6.80. The molecule has 2 aromatic rings. The van der Waals surface area contributed by atoms with Gasteiger partial charge in [0, 0.05) is 12.4 Å². The second-order valence-corrected chi connectivity index (χ2v) is 9.28. The van der Waals surface area contributed by atoms with Crippen molar-refractivity contribution in [3.05, 3.63) is 66.5 Å². The smallest absolute Gasteiger partial charge is 0.310 e. The number of hydrogen-bond donors (Lipinski definition) is 2.